The fourth-order valence-electron chi connectivity index (χ4n) is 3.81. The highest BCUT2D eigenvalue weighted by molar-refractivity contribution is 5.99. The normalized spacial score (nSPS) is 13.8. The summed E-state index contributed by atoms with van der Waals surface area (Å²) in [6.07, 6.45) is 3.00. The third kappa shape index (κ3) is 4.32. The van der Waals surface area contributed by atoms with Gasteiger partial charge < -0.3 is 29.6 Å². The summed E-state index contributed by atoms with van der Waals surface area (Å²) in [5, 5.41) is 10.7. The van der Waals surface area contributed by atoms with E-state index in [2.05, 4.69) is 44.6 Å². The van der Waals surface area contributed by atoms with E-state index in [9.17, 15) is 4.79 Å². The third-order valence-electron chi connectivity index (χ3n) is 5.47. The monoisotopic (exact) mass is 448 g/mol. The van der Waals surface area contributed by atoms with Crippen LogP contribution in [0.4, 0.5) is 5.82 Å². The number of rotatable bonds is 7. The van der Waals surface area contributed by atoms with Crippen molar-refractivity contribution in [2.45, 2.75) is 26.4 Å². The summed E-state index contributed by atoms with van der Waals surface area (Å²) in [5.74, 6) is 2.68. The number of fused-ring (bicyclic) bond motifs is 2. The molecule has 1 atom stereocenters. The number of hydrogen-bond donors (Lipinski definition) is 3. The minimum atomic E-state index is -0.275. The van der Waals surface area contributed by atoms with E-state index >= 15 is 0 Å². The van der Waals surface area contributed by atoms with Crippen molar-refractivity contribution < 1.29 is 18.8 Å². The standard InChI is InChI=1S/C23H24N6O4/c1-13(2)20(14-3-4-18-19(9-14)32-8-7-31-18)29-22-16-10-17(28-21(16)25-12-26-22)23(30)24-11-15-5-6-27-33-15/h3-6,9-10,12-13,20H,7-8,11H2,1-2H3,(H,24,30)(H2,25,26,28,29)/t20-/m1/s1. The summed E-state index contributed by atoms with van der Waals surface area (Å²) in [5.41, 5.74) is 2.01. The van der Waals surface area contributed by atoms with Gasteiger partial charge in [-0.25, -0.2) is 9.97 Å². The fourth-order valence-corrected chi connectivity index (χ4v) is 3.81. The van der Waals surface area contributed by atoms with Gasteiger partial charge in [0, 0.05) is 6.07 Å². The van der Waals surface area contributed by atoms with Crippen molar-refractivity contribution in [2.24, 2.45) is 5.92 Å². The maximum absolute atomic E-state index is 12.6. The zero-order chi connectivity index (χ0) is 22.8. The van der Waals surface area contributed by atoms with Crippen molar-refractivity contribution in [3.05, 3.63) is 59.9 Å². The van der Waals surface area contributed by atoms with Crippen molar-refractivity contribution >= 4 is 22.8 Å². The Kier molecular flexibility index (Phi) is 5.55. The van der Waals surface area contributed by atoms with Gasteiger partial charge in [0.2, 0.25) is 0 Å². The SMILES string of the molecule is CC(C)[C@@H](Nc1ncnc2[nH]c(C(=O)NCc3ccno3)cc12)c1ccc2c(c1)OCCO2. The molecule has 33 heavy (non-hydrogen) atoms. The Labute approximate surface area is 189 Å². The van der Waals surface area contributed by atoms with Crippen LogP contribution in [0.25, 0.3) is 11.0 Å². The van der Waals surface area contributed by atoms with E-state index in [-0.39, 0.29) is 24.4 Å². The van der Waals surface area contributed by atoms with E-state index in [1.54, 1.807) is 12.1 Å². The van der Waals surface area contributed by atoms with Gasteiger partial charge in [0.05, 0.1) is 24.2 Å². The van der Waals surface area contributed by atoms with Gasteiger partial charge in [0.15, 0.2) is 17.3 Å². The van der Waals surface area contributed by atoms with E-state index in [1.807, 2.05) is 18.2 Å². The summed E-state index contributed by atoms with van der Waals surface area (Å²) in [4.78, 5) is 24.4. The zero-order valence-corrected chi connectivity index (χ0v) is 18.3. The molecule has 3 aromatic heterocycles. The highest BCUT2D eigenvalue weighted by Gasteiger charge is 2.22. The minimum Gasteiger partial charge on any atom is -0.486 e. The van der Waals surface area contributed by atoms with Crippen LogP contribution in [-0.2, 0) is 6.54 Å². The molecule has 3 N–H and O–H groups in total. The van der Waals surface area contributed by atoms with Crippen molar-refractivity contribution in [3.8, 4) is 11.5 Å². The maximum atomic E-state index is 12.6. The molecule has 4 heterocycles. The van der Waals surface area contributed by atoms with Crippen molar-refractivity contribution in [1.82, 2.24) is 25.4 Å². The molecule has 4 aromatic rings. The van der Waals surface area contributed by atoms with Crippen LogP contribution in [0.1, 0.15) is 41.7 Å². The van der Waals surface area contributed by atoms with Crippen LogP contribution in [0.15, 0.2) is 47.4 Å². The minimum absolute atomic E-state index is 0.0439. The Morgan fingerprint density at radius 1 is 1.12 bits per heavy atom. The zero-order valence-electron chi connectivity index (χ0n) is 18.3. The van der Waals surface area contributed by atoms with E-state index < -0.39 is 0 Å². The molecule has 0 aliphatic carbocycles. The summed E-state index contributed by atoms with van der Waals surface area (Å²) >= 11 is 0. The number of amides is 1. The van der Waals surface area contributed by atoms with Gasteiger partial charge in [-0.1, -0.05) is 25.1 Å². The second kappa shape index (κ2) is 8.81. The maximum Gasteiger partial charge on any atom is 0.268 e. The Morgan fingerprint density at radius 2 is 1.97 bits per heavy atom. The van der Waals surface area contributed by atoms with Crippen LogP contribution in [-0.4, -0.2) is 39.2 Å². The lowest BCUT2D eigenvalue weighted by atomic mass is 9.95. The molecule has 0 spiro atoms. The van der Waals surface area contributed by atoms with E-state index in [0.29, 0.717) is 36.1 Å². The summed E-state index contributed by atoms with van der Waals surface area (Å²) in [7, 11) is 0. The molecular weight excluding hydrogens is 424 g/mol. The van der Waals surface area contributed by atoms with Crippen LogP contribution < -0.4 is 20.1 Å². The molecule has 170 valence electrons. The molecule has 5 rings (SSSR count). The lowest BCUT2D eigenvalue weighted by molar-refractivity contribution is 0.0943. The number of anilines is 1. The number of ether oxygens (including phenoxy) is 2. The van der Waals surface area contributed by atoms with Crippen molar-refractivity contribution in [2.75, 3.05) is 18.5 Å². The third-order valence-corrected chi connectivity index (χ3v) is 5.47. The molecule has 10 nitrogen and oxygen atoms in total. The van der Waals surface area contributed by atoms with E-state index in [4.69, 9.17) is 14.0 Å². The number of H-pyrrole nitrogens is 1. The summed E-state index contributed by atoms with van der Waals surface area (Å²) in [6.45, 7) is 5.59. The number of carbonyl (C=O) groups excluding carboxylic acids is 1. The molecule has 1 aliphatic rings. The number of benzene rings is 1. The van der Waals surface area contributed by atoms with E-state index in [0.717, 1.165) is 22.4 Å². The van der Waals surface area contributed by atoms with Crippen LogP contribution >= 0.6 is 0 Å². The first kappa shape index (κ1) is 20.8. The smallest absolute Gasteiger partial charge is 0.268 e. The Morgan fingerprint density at radius 3 is 2.76 bits per heavy atom. The van der Waals surface area contributed by atoms with Gasteiger partial charge in [-0.3, -0.25) is 4.79 Å². The van der Waals surface area contributed by atoms with Gasteiger partial charge in [-0.05, 0) is 29.7 Å². The van der Waals surface area contributed by atoms with Gasteiger partial charge >= 0.3 is 0 Å². The number of carbonyl (C=O) groups is 1. The molecule has 1 aromatic carbocycles. The number of hydrogen-bond acceptors (Lipinski definition) is 8. The predicted molar refractivity (Wildman–Crippen MR) is 120 cm³/mol. The van der Waals surface area contributed by atoms with Crippen LogP contribution in [0.3, 0.4) is 0 Å². The molecule has 0 unspecified atom stereocenters. The van der Waals surface area contributed by atoms with Crippen LogP contribution in [0.5, 0.6) is 11.5 Å². The molecule has 0 fully saturated rings. The molecule has 0 radical (unpaired) electrons. The first-order valence-electron chi connectivity index (χ1n) is 10.8. The van der Waals surface area contributed by atoms with Gasteiger partial charge in [-0.15, -0.1) is 0 Å². The van der Waals surface area contributed by atoms with Crippen LogP contribution in [0.2, 0.25) is 0 Å². The number of aromatic amines is 1. The Balaban J connectivity index is 1.39. The van der Waals surface area contributed by atoms with E-state index in [1.165, 1.54) is 12.5 Å². The summed E-state index contributed by atoms with van der Waals surface area (Å²) in [6, 6.07) is 9.37. The second-order valence-electron chi connectivity index (χ2n) is 8.10. The first-order valence-corrected chi connectivity index (χ1v) is 10.8. The highest BCUT2D eigenvalue weighted by Crippen LogP contribution is 2.36. The Bertz CT molecular complexity index is 1270. The lowest BCUT2D eigenvalue weighted by Crippen LogP contribution is -2.22. The van der Waals surface area contributed by atoms with Gasteiger partial charge in [0.25, 0.3) is 5.91 Å². The molecule has 0 bridgehead atoms. The highest BCUT2D eigenvalue weighted by atomic mass is 16.6. The second-order valence-corrected chi connectivity index (χ2v) is 8.10. The van der Waals surface area contributed by atoms with Gasteiger partial charge in [0.1, 0.15) is 36.7 Å². The van der Waals surface area contributed by atoms with Crippen molar-refractivity contribution in [3.63, 3.8) is 0 Å². The lowest BCUT2D eigenvalue weighted by Gasteiger charge is -2.26. The molecule has 1 amide bonds. The predicted octanol–water partition coefficient (Wildman–Crippen LogP) is 3.46. The largest absolute Gasteiger partial charge is 0.486 e. The van der Waals surface area contributed by atoms with Gasteiger partial charge in [-0.2, -0.15) is 0 Å². The Hall–Kier alpha value is -4.08. The average Bonchev–Trinajstić information content (AvgIpc) is 3.50. The molecule has 10 heteroatoms. The fraction of sp³-hybridized carbons (Fsp3) is 0.304. The summed E-state index contributed by atoms with van der Waals surface area (Å²) < 4.78 is 16.4. The number of aromatic nitrogens is 4. The van der Waals surface area contributed by atoms with Crippen molar-refractivity contribution in [1.29, 1.82) is 0 Å². The average molecular weight is 448 g/mol. The quantitative estimate of drug-likeness (QED) is 0.392. The molecular formula is C23H24N6O4. The number of nitrogens with zero attached hydrogens (tertiary/aromatic N) is 3. The van der Waals surface area contributed by atoms with Crippen LogP contribution in [0, 0.1) is 5.92 Å². The molecule has 0 saturated heterocycles. The number of nitrogens with one attached hydrogen (secondary N) is 3. The topological polar surface area (TPSA) is 127 Å². The first-order chi connectivity index (χ1) is 16.1. The molecule has 0 saturated carbocycles. The molecule has 1 aliphatic heterocycles.